The zero-order valence-electron chi connectivity index (χ0n) is 6.20. The van der Waals surface area contributed by atoms with Crippen LogP contribution in [0.2, 0.25) is 0 Å². The quantitative estimate of drug-likeness (QED) is 0.296. The molecule has 0 spiro atoms. The van der Waals surface area contributed by atoms with Gasteiger partial charge in [-0.1, -0.05) is 11.1 Å². The van der Waals surface area contributed by atoms with Crippen molar-refractivity contribution in [2.45, 2.75) is 6.92 Å². The molecule has 0 saturated carbocycles. The van der Waals surface area contributed by atoms with Gasteiger partial charge in [-0.2, -0.15) is 0 Å². The molecular weight excluding hydrogens is 112 g/mol. The summed E-state index contributed by atoms with van der Waals surface area (Å²) in [6, 6.07) is 0. The minimum Gasteiger partial charge on any atom is -0.240 e. The molecule has 0 radical (unpaired) electrons. The van der Waals surface area contributed by atoms with Gasteiger partial charge >= 0.3 is 0 Å². The average molecular weight is 125 g/mol. The summed E-state index contributed by atoms with van der Waals surface area (Å²) in [5.74, 6) is 0. The van der Waals surface area contributed by atoms with Crippen molar-refractivity contribution in [1.29, 1.82) is 0 Å². The summed E-state index contributed by atoms with van der Waals surface area (Å²) in [6.07, 6.45) is 7.62. The predicted molar refractivity (Wildman–Crippen MR) is 41.5 cm³/mol. The fourth-order valence-electron chi connectivity index (χ4n) is 0.442. The number of rotatable bonds is 2. The average Bonchev–Trinajstić information content (AvgIpc) is 1.85. The first kappa shape index (κ1) is 8.08. The zero-order chi connectivity index (χ0) is 7.11. The van der Waals surface area contributed by atoms with Crippen LogP contribution >= 0.6 is 0 Å². The fraction of sp³-hybridized carbons (Fsp3) is 0.429. The number of nitrogens with zero attached hydrogens (tertiary/aromatic N) is 2. The molecule has 0 atom stereocenters. The second-order valence-corrected chi connectivity index (χ2v) is 1.71. The Morgan fingerprint density at radius 2 is 2.11 bits per heavy atom. The van der Waals surface area contributed by atoms with Crippen LogP contribution in [-0.4, -0.2) is 31.2 Å². The van der Waals surface area contributed by atoms with Crippen LogP contribution < -0.4 is 0 Å². The van der Waals surface area contributed by atoms with E-state index in [-0.39, 0.29) is 0 Å². The molecule has 0 aliphatic carbocycles. The van der Waals surface area contributed by atoms with Crippen LogP contribution in [0.1, 0.15) is 6.92 Å². The predicted octanol–water partition coefficient (Wildman–Crippen LogP) is 0.934. The van der Waals surface area contributed by atoms with Gasteiger partial charge in [-0.15, -0.1) is 0 Å². The van der Waals surface area contributed by atoms with E-state index in [1.165, 1.54) is 0 Å². The first-order valence-electron chi connectivity index (χ1n) is 2.91. The van der Waals surface area contributed by atoms with Crippen LogP contribution in [0.15, 0.2) is 17.1 Å². The van der Waals surface area contributed by atoms with Gasteiger partial charge in [-0.25, -0.2) is 4.58 Å². The van der Waals surface area contributed by atoms with Crippen molar-refractivity contribution in [3.63, 3.8) is 0 Å². The maximum Gasteiger partial charge on any atom is 0.279 e. The van der Waals surface area contributed by atoms with Gasteiger partial charge < -0.3 is 0 Å². The molecule has 0 aromatic heterocycles. The standard InChI is InChI=1S/C7H13N2/c1-4-5-6-9(3)7-8-2/h4-7H,1-3H3/q+1. The molecule has 2 nitrogen and oxygen atoms in total. The van der Waals surface area contributed by atoms with Crippen LogP contribution in [0.3, 0.4) is 0 Å². The molecule has 2 heteroatoms. The Labute approximate surface area is 56.2 Å². The van der Waals surface area contributed by atoms with Gasteiger partial charge in [0.05, 0.1) is 13.3 Å². The summed E-state index contributed by atoms with van der Waals surface area (Å²) in [4.78, 5) is 3.82. The highest BCUT2D eigenvalue weighted by atomic mass is 15.0. The Morgan fingerprint density at radius 1 is 1.44 bits per heavy atom. The lowest BCUT2D eigenvalue weighted by atomic mass is 10.5. The highest BCUT2D eigenvalue weighted by Crippen LogP contribution is 1.63. The summed E-state index contributed by atoms with van der Waals surface area (Å²) in [5, 5.41) is 0. The number of allylic oxidation sites excluding steroid dienone is 2. The smallest absolute Gasteiger partial charge is 0.240 e. The van der Waals surface area contributed by atoms with E-state index in [1.807, 2.05) is 36.9 Å². The van der Waals surface area contributed by atoms with Gasteiger partial charge in [-0.05, 0) is 13.0 Å². The third-order valence-corrected chi connectivity index (χ3v) is 0.811. The van der Waals surface area contributed by atoms with E-state index in [1.54, 1.807) is 13.4 Å². The second kappa shape index (κ2) is 5.22. The highest BCUT2D eigenvalue weighted by molar-refractivity contribution is 5.69. The molecule has 50 valence electrons. The maximum atomic E-state index is 3.82. The molecule has 0 fully saturated rings. The fourth-order valence-corrected chi connectivity index (χ4v) is 0.442. The number of aliphatic imine (C=N–C) groups is 1. The van der Waals surface area contributed by atoms with Crippen LogP contribution in [0.25, 0.3) is 0 Å². The van der Waals surface area contributed by atoms with E-state index in [2.05, 4.69) is 4.99 Å². The molecule has 0 aromatic rings. The molecule has 0 N–H and O–H groups in total. The van der Waals surface area contributed by atoms with Crippen molar-refractivity contribution in [3.8, 4) is 0 Å². The van der Waals surface area contributed by atoms with E-state index >= 15 is 0 Å². The van der Waals surface area contributed by atoms with E-state index < -0.39 is 0 Å². The van der Waals surface area contributed by atoms with Gasteiger partial charge in [-0.3, -0.25) is 0 Å². The van der Waals surface area contributed by atoms with Gasteiger partial charge in [0, 0.05) is 0 Å². The second-order valence-electron chi connectivity index (χ2n) is 1.71. The Balaban J connectivity index is 3.84. The molecule has 9 heavy (non-hydrogen) atoms. The maximum absolute atomic E-state index is 3.82. The van der Waals surface area contributed by atoms with Crippen molar-refractivity contribution in [2.75, 3.05) is 14.1 Å². The van der Waals surface area contributed by atoms with Gasteiger partial charge in [0.2, 0.25) is 0 Å². The molecule has 0 aliphatic rings. The van der Waals surface area contributed by atoms with Crippen molar-refractivity contribution in [1.82, 2.24) is 0 Å². The van der Waals surface area contributed by atoms with Gasteiger partial charge in [0.1, 0.15) is 7.05 Å². The topological polar surface area (TPSA) is 15.4 Å². The van der Waals surface area contributed by atoms with Crippen molar-refractivity contribution in [2.24, 2.45) is 4.99 Å². The normalized spacial score (nSPS) is 13.9. The first-order valence-corrected chi connectivity index (χ1v) is 2.91. The lowest BCUT2D eigenvalue weighted by Crippen LogP contribution is -2.01. The summed E-state index contributed by atoms with van der Waals surface area (Å²) < 4.78 is 1.89. The van der Waals surface area contributed by atoms with E-state index in [9.17, 15) is 0 Å². The van der Waals surface area contributed by atoms with E-state index in [0.717, 1.165) is 0 Å². The largest absolute Gasteiger partial charge is 0.279 e. The van der Waals surface area contributed by atoms with Crippen LogP contribution in [0.4, 0.5) is 0 Å². The minimum atomic E-state index is 1.75. The summed E-state index contributed by atoms with van der Waals surface area (Å²) in [6.45, 7) is 1.98. The Morgan fingerprint density at radius 3 is 2.56 bits per heavy atom. The molecule has 0 bridgehead atoms. The lowest BCUT2D eigenvalue weighted by Gasteiger charge is -1.80. The molecule has 0 amide bonds. The molecule has 0 aromatic carbocycles. The summed E-state index contributed by atoms with van der Waals surface area (Å²) in [5.41, 5.74) is 0. The third kappa shape index (κ3) is 4.94. The van der Waals surface area contributed by atoms with Crippen molar-refractivity contribution in [3.05, 3.63) is 12.2 Å². The third-order valence-electron chi connectivity index (χ3n) is 0.811. The Bertz CT molecular complexity index is 143. The highest BCUT2D eigenvalue weighted by Gasteiger charge is 1.78. The molecule has 0 aliphatic heterocycles. The van der Waals surface area contributed by atoms with Crippen LogP contribution in [-0.2, 0) is 0 Å². The molecule has 0 unspecified atom stereocenters. The Kier molecular flexibility index (Phi) is 4.69. The van der Waals surface area contributed by atoms with Crippen molar-refractivity contribution >= 4 is 12.6 Å². The monoisotopic (exact) mass is 125 g/mol. The summed E-state index contributed by atoms with van der Waals surface area (Å²) in [7, 11) is 3.69. The first-order chi connectivity index (χ1) is 4.31. The van der Waals surface area contributed by atoms with E-state index in [4.69, 9.17) is 0 Å². The number of hydrogen-bond donors (Lipinski definition) is 0. The Hall–Kier alpha value is -0.920. The van der Waals surface area contributed by atoms with Gasteiger partial charge in [0.15, 0.2) is 0 Å². The van der Waals surface area contributed by atoms with Crippen molar-refractivity contribution < 1.29 is 4.58 Å². The molecular formula is C7H13N2+. The molecule has 0 rings (SSSR count). The van der Waals surface area contributed by atoms with E-state index in [0.29, 0.717) is 0 Å². The van der Waals surface area contributed by atoms with Crippen LogP contribution in [0.5, 0.6) is 0 Å². The molecule has 0 saturated heterocycles. The SMILES string of the molecule is CC=CC=[N+](C)C=NC. The molecule has 0 heterocycles. The minimum absolute atomic E-state index is 1.75. The number of hydrogen-bond acceptors (Lipinski definition) is 1. The van der Waals surface area contributed by atoms with Gasteiger partial charge in [0.25, 0.3) is 6.34 Å². The lowest BCUT2D eigenvalue weighted by molar-refractivity contribution is -0.353. The summed E-state index contributed by atoms with van der Waals surface area (Å²) >= 11 is 0. The zero-order valence-corrected chi connectivity index (χ0v) is 6.20. The van der Waals surface area contributed by atoms with Crippen LogP contribution in [0, 0.1) is 0 Å².